The maximum Gasteiger partial charge on any atom is 0.416 e. The van der Waals surface area contributed by atoms with Crippen molar-refractivity contribution >= 4 is 11.8 Å². The van der Waals surface area contributed by atoms with Gasteiger partial charge in [0.15, 0.2) is 0 Å². The molecule has 0 aromatic heterocycles. The van der Waals surface area contributed by atoms with E-state index in [-0.39, 0.29) is 6.04 Å². The number of alkyl halides is 3. The monoisotopic (exact) mass is 261 g/mol. The Morgan fingerprint density at radius 3 is 2.76 bits per heavy atom. The van der Waals surface area contributed by atoms with E-state index in [2.05, 4.69) is 0 Å². The summed E-state index contributed by atoms with van der Waals surface area (Å²) < 4.78 is 37.6. The van der Waals surface area contributed by atoms with E-state index in [1.807, 2.05) is 6.92 Å². The number of rotatable bonds is 2. The van der Waals surface area contributed by atoms with E-state index in [1.165, 1.54) is 17.8 Å². The molecule has 5 heteroatoms. The molecule has 94 valence electrons. The highest BCUT2D eigenvalue weighted by molar-refractivity contribution is 8.00. The predicted octanol–water partition coefficient (Wildman–Crippen LogP) is 3.46. The van der Waals surface area contributed by atoms with Crippen LogP contribution in [0.15, 0.2) is 23.1 Å². The zero-order valence-corrected chi connectivity index (χ0v) is 10.2. The van der Waals surface area contributed by atoms with E-state index < -0.39 is 11.7 Å². The molecule has 0 radical (unpaired) electrons. The zero-order valence-electron chi connectivity index (χ0n) is 9.42. The minimum Gasteiger partial charge on any atom is -0.328 e. The van der Waals surface area contributed by atoms with Gasteiger partial charge in [-0.2, -0.15) is 13.2 Å². The second kappa shape index (κ2) is 4.53. The largest absolute Gasteiger partial charge is 0.416 e. The van der Waals surface area contributed by atoms with E-state index in [4.69, 9.17) is 5.73 Å². The van der Waals surface area contributed by atoms with Gasteiger partial charge in [-0.15, -0.1) is 11.8 Å². The number of nitrogens with two attached hydrogens (primary N) is 1. The molecule has 0 amide bonds. The summed E-state index contributed by atoms with van der Waals surface area (Å²) in [6, 6.07) is 4.09. The Balaban J connectivity index is 2.17. The molecule has 2 N–H and O–H groups in total. The quantitative estimate of drug-likeness (QED) is 0.882. The highest BCUT2D eigenvalue weighted by atomic mass is 32.2. The van der Waals surface area contributed by atoms with Gasteiger partial charge in [0, 0.05) is 16.2 Å². The van der Waals surface area contributed by atoms with Gasteiger partial charge in [0.1, 0.15) is 0 Å². The van der Waals surface area contributed by atoms with Crippen molar-refractivity contribution in [1.29, 1.82) is 0 Å². The molecule has 0 fully saturated rings. The van der Waals surface area contributed by atoms with Crippen LogP contribution < -0.4 is 5.73 Å². The summed E-state index contributed by atoms with van der Waals surface area (Å²) >= 11 is 1.51. The summed E-state index contributed by atoms with van der Waals surface area (Å²) in [5.41, 5.74) is 6.16. The minimum atomic E-state index is -4.26. The Hall–Kier alpha value is -0.680. The van der Waals surface area contributed by atoms with Crippen molar-refractivity contribution in [2.75, 3.05) is 0 Å². The third kappa shape index (κ3) is 2.96. The van der Waals surface area contributed by atoms with Gasteiger partial charge in [0.05, 0.1) is 5.56 Å². The molecule has 0 spiro atoms. The lowest BCUT2D eigenvalue weighted by Gasteiger charge is -2.10. The molecule has 1 heterocycles. The summed E-state index contributed by atoms with van der Waals surface area (Å²) in [6.45, 7) is 1.92. The van der Waals surface area contributed by atoms with Crippen molar-refractivity contribution in [1.82, 2.24) is 0 Å². The Labute approximate surface area is 103 Å². The lowest BCUT2D eigenvalue weighted by atomic mass is 10.0. The van der Waals surface area contributed by atoms with Crippen LogP contribution >= 0.6 is 11.8 Å². The first kappa shape index (κ1) is 12.8. The van der Waals surface area contributed by atoms with Gasteiger partial charge < -0.3 is 5.73 Å². The van der Waals surface area contributed by atoms with Crippen LogP contribution in [0.2, 0.25) is 0 Å². The van der Waals surface area contributed by atoms with Crippen LogP contribution in [-0.4, -0.2) is 11.3 Å². The molecular formula is C12H14F3NS. The molecule has 1 nitrogen and oxygen atoms in total. The average Bonchev–Trinajstić information content (AvgIpc) is 2.55. The van der Waals surface area contributed by atoms with Crippen molar-refractivity contribution in [3.05, 3.63) is 29.3 Å². The van der Waals surface area contributed by atoms with Gasteiger partial charge in [-0.1, -0.05) is 6.07 Å². The number of fused-ring (bicyclic) bond motifs is 1. The lowest BCUT2D eigenvalue weighted by molar-refractivity contribution is -0.137. The second-order valence-corrected chi connectivity index (χ2v) is 5.82. The van der Waals surface area contributed by atoms with Crippen LogP contribution in [0, 0.1) is 0 Å². The highest BCUT2D eigenvalue weighted by Crippen LogP contribution is 2.41. The van der Waals surface area contributed by atoms with Gasteiger partial charge in [0.25, 0.3) is 0 Å². The van der Waals surface area contributed by atoms with Gasteiger partial charge in [-0.3, -0.25) is 0 Å². The Morgan fingerprint density at radius 2 is 2.18 bits per heavy atom. The summed E-state index contributed by atoms with van der Waals surface area (Å²) in [5, 5.41) is 0.313. The predicted molar refractivity (Wildman–Crippen MR) is 63.1 cm³/mol. The average molecular weight is 261 g/mol. The number of thioether (sulfide) groups is 1. The van der Waals surface area contributed by atoms with Crippen molar-refractivity contribution in [3.8, 4) is 0 Å². The smallest absolute Gasteiger partial charge is 0.328 e. The van der Waals surface area contributed by atoms with Crippen molar-refractivity contribution in [2.45, 2.75) is 42.1 Å². The van der Waals surface area contributed by atoms with Crippen LogP contribution in [0.5, 0.6) is 0 Å². The fraction of sp³-hybridized carbons (Fsp3) is 0.500. The molecule has 2 unspecified atom stereocenters. The first-order valence-corrected chi connectivity index (χ1v) is 6.36. The molecule has 1 aliphatic rings. The van der Waals surface area contributed by atoms with E-state index in [0.29, 0.717) is 5.25 Å². The molecule has 0 aliphatic carbocycles. The molecule has 0 bridgehead atoms. The molecule has 0 saturated heterocycles. The normalized spacial score (nSPS) is 21.4. The molecule has 17 heavy (non-hydrogen) atoms. The van der Waals surface area contributed by atoms with Crippen molar-refractivity contribution in [2.24, 2.45) is 5.73 Å². The second-order valence-electron chi connectivity index (χ2n) is 4.48. The lowest BCUT2D eigenvalue weighted by Crippen LogP contribution is -2.20. The first-order valence-electron chi connectivity index (χ1n) is 5.48. The van der Waals surface area contributed by atoms with Gasteiger partial charge in [-0.25, -0.2) is 0 Å². The topological polar surface area (TPSA) is 26.0 Å². The fourth-order valence-electron chi connectivity index (χ4n) is 2.02. The Kier molecular flexibility index (Phi) is 3.41. The van der Waals surface area contributed by atoms with Crippen molar-refractivity contribution in [3.63, 3.8) is 0 Å². The summed E-state index contributed by atoms with van der Waals surface area (Å²) in [4.78, 5) is 0.755. The van der Waals surface area contributed by atoms with Gasteiger partial charge in [-0.05, 0) is 37.5 Å². The van der Waals surface area contributed by atoms with Crippen LogP contribution in [0.4, 0.5) is 13.2 Å². The third-order valence-electron chi connectivity index (χ3n) is 2.77. The van der Waals surface area contributed by atoms with Gasteiger partial charge >= 0.3 is 6.18 Å². The molecule has 0 saturated carbocycles. The summed E-state index contributed by atoms with van der Waals surface area (Å²) in [5.74, 6) is 0. The third-order valence-corrected chi connectivity index (χ3v) is 4.10. The first-order chi connectivity index (χ1) is 7.86. The van der Waals surface area contributed by atoms with Crippen LogP contribution in [0.25, 0.3) is 0 Å². The van der Waals surface area contributed by atoms with E-state index in [0.717, 1.165) is 29.4 Å². The Morgan fingerprint density at radius 1 is 1.47 bits per heavy atom. The van der Waals surface area contributed by atoms with Crippen molar-refractivity contribution < 1.29 is 13.2 Å². The molecule has 1 aromatic carbocycles. The van der Waals surface area contributed by atoms with E-state index in [1.54, 1.807) is 6.07 Å². The minimum absolute atomic E-state index is 0.0869. The van der Waals surface area contributed by atoms with E-state index >= 15 is 0 Å². The molecule has 2 rings (SSSR count). The zero-order chi connectivity index (χ0) is 12.6. The highest BCUT2D eigenvalue weighted by Gasteiger charge is 2.32. The number of hydrogen-bond donors (Lipinski definition) is 1. The maximum absolute atomic E-state index is 12.5. The number of hydrogen-bond acceptors (Lipinski definition) is 2. The molecule has 2 atom stereocenters. The Bertz CT molecular complexity index is 415. The summed E-state index contributed by atoms with van der Waals surface area (Å²) in [7, 11) is 0. The van der Waals surface area contributed by atoms with Gasteiger partial charge in [0.2, 0.25) is 0 Å². The maximum atomic E-state index is 12.5. The SMILES string of the molecule is CC(N)CC1Cc2ccc(C(F)(F)F)cc2S1. The fourth-order valence-corrected chi connectivity index (χ4v) is 3.54. The standard InChI is InChI=1S/C12H14F3NS/c1-7(16)4-10-5-8-2-3-9(12(13,14)15)6-11(8)17-10/h2-3,6-7,10H,4-5,16H2,1H3. The molecule has 1 aliphatic heterocycles. The van der Waals surface area contributed by atoms with Crippen LogP contribution in [0.3, 0.4) is 0 Å². The van der Waals surface area contributed by atoms with Crippen LogP contribution in [0.1, 0.15) is 24.5 Å². The molecular weight excluding hydrogens is 247 g/mol. The number of halogens is 3. The van der Waals surface area contributed by atoms with Crippen LogP contribution in [-0.2, 0) is 12.6 Å². The van der Waals surface area contributed by atoms with E-state index in [9.17, 15) is 13.2 Å². The number of benzene rings is 1. The summed E-state index contributed by atoms with van der Waals surface area (Å²) in [6.07, 6.45) is -2.60. The molecule has 1 aromatic rings.